The van der Waals surface area contributed by atoms with Crippen LogP contribution in [-0.4, -0.2) is 35.4 Å². The Morgan fingerprint density at radius 3 is 2.50 bits per heavy atom. The standard InChI is InChI=1S/C14H22N4O2/c1-3-14(4-2,10-15)18-12(19)9-17-13(20)11-7-5-6-8-16-11/h5-8H,3-4,9-10,15H2,1-2H3,(H,17,20)(H,18,19). The molecule has 0 unspecified atom stereocenters. The van der Waals surface area contributed by atoms with E-state index in [-0.39, 0.29) is 24.1 Å². The predicted molar refractivity (Wildman–Crippen MR) is 77.1 cm³/mol. The number of rotatable bonds is 7. The number of hydrogen-bond acceptors (Lipinski definition) is 4. The van der Waals surface area contributed by atoms with Crippen LogP contribution in [0.2, 0.25) is 0 Å². The molecule has 1 aromatic heterocycles. The molecule has 6 nitrogen and oxygen atoms in total. The molecule has 0 saturated heterocycles. The highest BCUT2D eigenvalue weighted by molar-refractivity contribution is 5.94. The van der Waals surface area contributed by atoms with Crippen LogP contribution in [0.4, 0.5) is 0 Å². The van der Waals surface area contributed by atoms with Crippen LogP contribution in [0.5, 0.6) is 0 Å². The second-order valence-corrected chi connectivity index (χ2v) is 4.64. The third-order valence-corrected chi connectivity index (χ3v) is 3.46. The van der Waals surface area contributed by atoms with Gasteiger partial charge >= 0.3 is 0 Å². The molecule has 0 spiro atoms. The zero-order chi connectivity index (χ0) is 15.0. The van der Waals surface area contributed by atoms with Crippen LogP contribution >= 0.6 is 0 Å². The first-order chi connectivity index (χ1) is 9.56. The molecule has 1 heterocycles. The molecule has 1 aromatic rings. The maximum Gasteiger partial charge on any atom is 0.270 e. The molecule has 2 amide bonds. The average Bonchev–Trinajstić information content (AvgIpc) is 2.51. The summed E-state index contributed by atoms with van der Waals surface area (Å²) in [6.07, 6.45) is 3.03. The third-order valence-electron chi connectivity index (χ3n) is 3.46. The van der Waals surface area contributed by atoms with Crippen molar-refractivity contribution < 1.29 is 9.59 Å². The van der Waals surface area contributed by atoms with Gasteiger partial charge in [0.1, 0.15) is 5.69 Å². The topological polar surface area (TPSA) is 97.1 Å². The largest absolute Gasteiger partial charge is 0.348 e. The maximum absolute atomic E-state index is 11.9. The fourth-order valence-electron chi connectivity index (χ4n) is 1.85. The smallest absolute Gasteiger partial charge is 0.270 e. The number of hydrogen-bond donors (Lipinski definition) is 3. The predicted octanol–water partition coefficient (Wildman–Crippen LogP) is 0.445. The highest BCUT2D eigenvalue weighted by Crippen LogP contribution is 2.12. The number of pyridine rings is 1. The van der Waals surface area contributed by atoms with Gasteiger partial charge in [0.15, 0.2) is 0 Å². The van der Waals surface area contributed by atoms with Crippen molar-refractivity contribution in [1.82, 2.24) is 15.6 Å². The Morgan fingerprint density at radius 1 is 1.30 bits per heavy atom. The zero-order valence-electron chi connectivity index (χ0n) is 12.0. The molecule has 20 heavy (non-hydrogen) atoms. The van der Waals surface area contributed by atoms with E-state index in [1.807, 2.05) is 13.8 Å². The Hall–Kier alpha value is -1.95. The van der Waals surface area contributed by atoms with Gasteiger partial charge in [-0.1, -0.05) is 19.9 Å². The van der Waals surface area contributed by atoms with Crippen LogP contribution in [0.25, 0.3) is 0 Å². The minimum absolute atomic E-state index is 0.0862. The van der Waals surface area contributed by atoms with Crippen LogP contribution in [0.1, 0.15) is 37.2 Å². The zero-order valence-corrected chi connectivity index (χ0v) is 12.0. The summed E-state index contributed by atoms with van der Waals surface area (Å²) in [7, 11) is 0. The van der Waals surface area contributed by atoms with Crippen molar-refractivity contribution in [3.63, 3.8) is 0 Å². The SMILES string of the molecule is CCC(CC)(CN)NC(=O)CNC(=O)c1ccccn1. The Kier molecular flexibility index (Phi) is 6.11. The molecule has 4 N–H and O–H groups in total. The maximum atomic E-state index is 11.9. The minimum Gasteiger partial charge on any atom is -0.348 e. The van der Waals surface area contributed by atoms with Crippen molar-refractivity contribution in [2.75, 3.05) is 13.1 Å². The number of nitrogens with zero attached hydrogens (tertiary/aromatic N) is 1. The summed E-state index contributed by atoms with van der Waals surface area (Å²) in [6, 6.07) is 5.03. The highest BCUT2D eigenvalue weighted by atomic mass is 16.2. The number of nitrogens with one attached hydrogen (secondary N) is 2. The molecule has 0 bridgehead atoms. The summed E-state index contributed by atoms with van der Waals surface area (Å²) in [5.41, 5.74) is 5.60. The lowest BCUT2D eigenvalue weighted by atomic mass is 9.93. The van der Waals surface area contributed by atoms with E-state index >= 15 is 0 Å². The second-order valence-electron chi connectivity index (χ2n) is 4.64. The monoisotopic (exact) mass is 278 g/mol. The molecule has 0 aliphatic rings. The van der Waals surface area contributed by atoms with E-state index in [0.717, 1.165) is 12.8 Å². The van der Waals surface area contributed by atoms with E-state index in [4.69, 9.17) is 5.73 Å². The lowest BCUT2D eigenvalue weighted by Gasteiger charge is -2.31. The first-order valence-corrected chi connectivity index (χ1v) is 6.77. The van der Waals surface area contributed by atoms with Crippen molar-refractivity contribution in [3.05, 3.63) is 30.1 Å². The van der Waals surface area contributed by atoms with Crippen molar-refractivity contribution in [2.45, 2.75) is 32.2 Å². The Morgan fingerprint density at radius 2 is 2.00 bits per heavy atom. The van der Waals surface area contributed by atoms with Crippen molar-refractivity contribution in [1.29, 1.82) is 0 Å². The van der Waals surface area contributed by atoms with Crippen molar-refractivity contribution >= 4 is 11.8 Å². The molecular weight excluding hydrogens is 256 g/mol. The molecule has 0 saturated carbocycles. The van der Waals surface area contributed by atoms with Gasteiger partial charge in [0.05, 0.1) is 12.1 Å². The number of amides is 2. The molecule has 6 heteroatoms. The minimum atomic E-state index is -0.396. The van der Waals surface area contributed by atoms with Crippen LogP contribution in [0.3, 0.4) is 0 Å². The molecular formula is C14H22N4O2. The fraction of sp³-hybridized carbons (Fsp3) is 0.500. The molecule has 0 aliphatic carbocycles. The van der Waals surface area contributed by atoms with Gasteiger partial charge in [0.25, 0.3) is 5.91 Å². The lowest BCUT2D eigenvalue weighted by Crippen LogP contribution is -2.55. The molecule has 1 rings (SSSR count). The Labute approximate surface area is 119 Å². The second kappa shape index (κ2) is 7.59. The molecule has 0 radical (unpaired) electrons. The van der Waals surface area contributed by atoms with Gasteiger partial charge in [-0.25, -0.2) is 0 Å². The average molecular weight is 278 g/mol. The van der Waals surface area contributed by atoms with Gasteiger partial charge in [-0.2, -0.15) is 0 Å². The van der Waals surface area contributed by atoms with E-state index in [1.165, 1.54) is 6.20 Å². The van der Waals surface area contributed by atoms with Gasteiger partial charge in [0.2, 0.25) is 5.91 Å². The summed E-state index contributed by atoms with van der Waals surface area (Å²) in [5, 5.41) is 5.43. The van der Waals surface area contributed by atoms with Gasteiger partial charge < -0.3 is 16.4 Å². The van der Waals surface area contributed by atoms with Gasteiger partial charge in [-0.05, 0) is 25.0 Å². The summed E-state index contributed by atoms with van der Waals surface area (Å²) >= 11 is 0. The number of carbonyl (C=O) groups is 2. The van der Waals surface area contributed by atoms with Crippen LogP contribution in [0, 0.1) is 0 Å². The molecule has 0 atom stereocenters. The van der Waals surface area contributed by atoms with E-state index in [9.17, 15) is 9.59 Å². The molecule has 0 aromatic carbocycles. The van der Waals surface area contributed by atoms with Crippen LogP contribution < -0.4 is 16.4 Å². The van der Waals surface area contributed by atoms with Crippen molar-refractivity contribution in [3.8, 4) is 0 Å². The Balaban J connectivity index is 2.50. The lowest BCUT2D eigenvalue weighted by molar-refractivity contribution is -0.122. The normalized spacial score (nSPS) is 10.9. The first-order valence-electron chi connectivity index (χ1n) is 6.77. The Bertz CT molecular complexity index is 435. The van der Waals surface area contributed by atoms with Crippen LogP contribution in [0.15, 0.2) is 24.4 Å². The van der Waals surface area contributed by atoms with Gasteiger partial charge in [0, 0.05) is 12.7 Å². The molecule has 0 fully saturated rings. The summed E-state index contributed by atoms with van der Waals surface area (Å²) in [4.78, 5) is 27.5. The van der Waals surface area contributed by atoms with E-state index in [1.54, 1.807) is 18.2 Å². The first kappa shape index (κ1) is 16.1. The summed E-state index contributed by atoms with van der Waals surface area (Å²) in [5.74, 6) is -0.615. The number of carbonyl (C=O) groups excluding carboxylic acids is 2. The fourth-order valence-corrected chi connectivity index (χ4v) is 1.85. The quantitative estimate of drug-likeness (QED) is 0.674. The van der Waals surface area contributed by atoms with E-state index < -0.39 is 5.54 Å². The van der Waals surface area contributed by atoms with Crippen molar-refractivity contribution in [2.24, 2.45) is 5.73 Å². The third kappa shape index (κ3) is 4.31. The number of nitrogens with two attached hydrogens (primary N) is 1. The highest BCUT2D eigenvalue weighted by Gasteiger charge is 2.26. The van der Waals surface area contributed by atoms with E-state index in [2.05, 4.69) is 15.6 Å². The molecule has 110 valence electrons. The molecule has 0 aliphatic heterocycles. The van der Waals surface area contributed by atoms with E-state index in [0.29, 0.717) is 6.54 Å². The number of aromatic nitrogens is 1. The van der Waals surface area contributed by atoms with Gasteiger partial charge in [-0.3, -0.25) is 14.6 Å². The van der Waals surface area contributed by atoms with Gasteiger partial charge in [-0.15, -0.1) is 0 Å². The van der Waals surface area contributed by atoms with Crippen LogP contribution in [-0.2, 0) is 4.79 Å². The summed E-state index contributed by atoms with van der Waals surface area (Å²) < 4.78 is 0. The summed E-state index contributed by atoms with van der Waals surface area (Å²) in [6.45, 7) is 4.24.